The van der Waals surface area contributed by atoms with Crippen molar-refractivity contribution in [3.05, 3.63) is 24.0 Å². The number of amides is 1. The molecule has 2 heterocycles. The van der Waals surface area contributed by atoms with Gasteiger partial charge in [-0.15, -0.1) is 0 Å². The Morgan fingerprint density at radius 2 is 2.32 bits per heavy atom. The minimum atomic E-state index is -0.430. The van der Waals surface area contributed by atoms with Gasteiger partial charge in [-0.3, -0.25) is 0 Å². The summed E-state index contributed by atoms with van der Waals surface area (Å²) in [6.07, 6.45) is 3.32. The monoisotopic (exact) mass is 263 g/mol. The third kappa shape index (κ3) is 4.19. The van der Waals surface area contributed by atoms with Crippen LogP contribution < -0.4 is 0 Å². The quantitative estimate of drug-likeness (QED) is 0.821. The molecule has 2 rings (SSSR count). The van der Waals surface area contributed by atoms with E-state index in [0.717, 1.165) is 31.6 Å². The van der Waals surface area contributed by atoms with Crippen molar-refractivity contribution in [3.63, 3.8) is 0 Å². The third-order valence-corrected chi connectivity index (χ3v) is 3.06. The topological polar surface area (TPSA) is 55.3 Å². The minimum Gasteiger partial charge on any atom is -0.444 e. The average molecular weight is 263 g/mol. The van der Waals surface area contributed by atoms with Crippen LogP contribution in [0.3, 0.4) is 0 Å². The summed E-state index contributed by atoms with van der Waals surface area (Å²) in [4.78, 5) is 13.7. The fourth-order valence-corrected chi connectivity index (χ4v) is 2.23. The van der Waals surface area contributed by atoms with Crippen LogP contribution in [0.2, 0.25) is 0 Å². The number of carbonyl (C=O) groups is 1. The second-order valence-corrected chi connectivity index (χ2v) is 6.00. The zero-order chi connectivity index (χ0) is 13.9. The maximum atomic E-state index is 11.9. The molecule has 1 aliphatic heterocycles. The van der Waals surface area contributed by atoms with E-state index in [9.17, 15) is 4.79 Å². The van der Waals surface area contributed by atoms with Gasteiger partial charge in [0.05, 0.1) is 5.69 Å². The lowest BCUT2D eigenvalue weighted by molar-refractivity contribution is 0.0288. The molecule has 0 N–H and O–H groups in total. The number of rotatable bonds is 2. The Bertz CT molecular complexity index is 428. The summed E-state index contributed by atoms with van der Waals surface area (Å²) >= 11 is 0. The molecule has 0 aliphatic carbocycles. The van der Waals surface area contributed by atoms with Gasteiger partial charge in [-0.25, -0.2) is 4.79 Å². The molecule has 1 aromatic rings. The van der Waals surface area contributed by atoms with Crippen molar-refractivity contribution >= 4 is 6.09 Å². The van der Waals surface area contributed by atoms with Gasteiger partial charge in [-0.2, -0.15) is 10.2 Å². The predicted molar refractivity (Wildman–Crippen MR) is 71.7 cm³/mol. The molecule has 0 unspecified atom stereocenters. The number of carbonyl (C=O) groups excluding carboxylic acids is 1. The maximum Gasteiger partial charge on any atom is 0.410 e. The van der Waals surface area contributed by atoms with Gasteiger partial charge in [0.1, 0.15) is 5.60 Å². The number of likely N-dealkylation sites (tertiary alicyclic amines) is 1. The Morgan fingerprint density at radius 3 is 2.95 bits per heavy atom. The SMILES string of the molecule is CC(C)(C)OC(=O)N1CC[C@@H](Cc2cccnn2)C1. The predicted octanol–water partition coefficient (Wildman–Crippen LogP) is 2.28. The lowest BCUT2D eigenvalue weighted by Gasteiger charge is -2.24. The Balaban J connectivity index is 1.85. The molecule has 5 heteroatoms. The molecular formula is C14H21N3O2. The Labute approximate surface area is 114 Å². The van der Waals surface area contributed by atoms with Crippen molar-refractivity contribution in [2.45, 2.75) is 39.2 Å². The normalized spacial score (nSPS) is 19.5. The largest absolute Gasteiger partial charge is 0.444 e. The van der Waals surface area contributed by atoms with Crippen LogP contribution >= 0.6 is 0 Å². The molecule has 104 valence electrons. The summed E-state index contributed by atoms with van der Waals surface area (Å²) in [7, 11) is 0. The lowest BCUT2D eigenvalue weighted by Crippen LogP contribution is -2.35. The highest BCUT2D eigenvalue weighted by molar-refractivity contribution is 5.68. The summed E-state index contributed by atoms with van der Waals surface area (Å²) in [5.74, 6) is 0.448. The van der Waals surface area contributed by atoms with Gasteiger partial charge >= 0.3 is 6.09 Å². The Morgan fingerprint density at radius 1 is 1.53 bits per heavy atom. The van der Waals surface area contributed by atoms with Gasteiger partial charge in [0, 0.05) is 19.3 Å². The molecule has 1 aromatic heterocycles. The van der Waals surface area contributed by atoms with Gasteiger partial charge in [-0.1, -0.05) is 0 Å². The van der Waals surface area contributed by atoms with Gasteiger partial charge < -0.3 is 9.64 Å². The van der Waals surface area contributed by atoms with Crippen LogP contribution in [0.4, 0.5) is 4.79 Å². The van der Waals surface area contributed by atoms with E-state index < -0.39 is 5.60 Å². The summed E-state index contributed by atoms with van der Waals surface area (Å²) in [5.41, 5.74) is 0.554. The van der Waals surface area contributed by atoms with E-state index in [2.05, 4.69) is 10.2 Å². The summed E-state index contributed by atoms with van der Waals surface area (Å²) in [5, 5.41) is 7.96. The fourth-order valence-electron chi connectivity index (χ4n) is 2.23. The van der Waals surface area contributed by atoms with Crippen LogP contribution in [0.5, 0.6) is 0 Å². The highest BCUT2D eigenvalue weighted by Gasteiger charge is 2.29. The van der Waals surface area contributed by atoms with Gasteiger partial charge in [0.15, 0.2) is 0 Å². The fraction of sp³-hybridized carbons (Fsp3) is 0.643. The van der Waals surface area contributed by atoms with E-state index in [1.807, 2.05) is 32.9 Å². The van der Waals surface area contributed by atoms with Crippen molar-refractivity contribution < 1.29 is 9.53 Å². The first kappa shape index (κ1) is 13.8. The first-order valence-electron chi connectivity index (χ1n) is 6.68. The standard InChI is InChI=1S/C14H21N3O2/c1-14(2,3)19-13(18)17-8-6-11(10-17)9-12-5-4-7-15-16-12/h4-5,7,11H,6,8-10H2,1-3H3/t11-/m0/s1. The van der Waals surface area contributed by atoms with E-state index in [0.29, 0.717) is 5.92 Å². The van der Waals surface area contributed by atoms with Crippen LogP contribution in [0, 0.1) is 5.92 Å². The van der Waals surface area contributed by atoms with Crippen LogP contribution in [0.15, 0.2) is 18.3 Å². The van der Waals surface area contributed by atoms with Crippen LogP contribution in [0.1, 0.15) is 32.9 Å². The molecule has 1 atom stereocenters. The van der Waals surface area contributed by atoms with Crippen molar-refractivity contribution in [2.24, 2.45) is 5.92 Å². The van der Waals surface area contributed by atoms with E-state index in [4.69, 9.17) is 4.74 Å². The van der Waals surface area contributed by atoms with E-state index in [1.54, 1.807) is 11.1 Å². The lowest BCUT2D eigenvalue weighted by atomic mass is 10.0. The molecule has 0 bridgehead atoms. The molecular weight excluding hydrogens is 242 g/mol. The van der Waals surface area contributed by atoms with Crippen LogP contribution in [-0.2, 0) is 11.2 Å². The first-order chi connectivity index (χ1) is 8.94. The van der Waals surface area contributed by atoms with Crippen molar-refractivity contribution in [1.29, 1.82) is 0 Å². The second kappa shape index (κ2) is 5.55. The molecule has 0 aromatic carbocycles. The Hall–Kier alpha value is -1.65. The average Bonchev–Trinajstić information content (AvgIpc) is 2.77. The maximum absolute atomic E-state index is 11.9. The molecule has 0 spiro atoms. The Kier molecular flexibility index (Phi) is 4.02. The number of nitrogens with zero attached hydrogens (tertiary/aromatic N) is 3. The molecule has 1 fully saturated rings. The minimum absolute atomic E-state index is 0.214. The molecule has 5 nitrogen and oxygen atoms in total. The molecule has 19 heavy (non-hydrogen) atoms. The number of hydrogen-bond acceptors (Lipinski definition) is 4. The van der Waals surface area contributed by atoms with Crippen molar-refractivity contribution in [2.75, 3.05) is 13.1 Å². The molecule has 1 amide bonds. The van der Waals surface area contributed by atoms with Crippen LogP contribution in [-0.4, -0.2) is 39.9 Å². The summed E-state index contributed by atoms with van der Waals surface area (Å²) < 4.78 is 5.38. The molecule has 0 radical (unpaired) electrons. The smallest absolute Gasteiger partial charge is 0.410 e. The second-order valence-electron chi connectivity index (χ2n) is 6.00. The van der Waals surface area contributed by atoms with Crippen molar-refractivity contribution in [3.8, 4) is 0 Å². The van der Waals surface area contributed by atoms with Gasteiger partial charge in [0.25, 0.3) is 0 Å². The van der Waals surface area contributed by atoms with Gasteiger partial charge in [0.2, 0.25) is 0 Å². The molecule has 1 saturated heterocycles. The zero-order valence-electron chi connectivity index (χ0n) is 11.8. The number of ether oxygens (including phenoxy) is 1. The van der Waals surface area contributed by atoms with Crippen molar-refractivity contribution in [1.82, 2.24) is 15.1 Å². The number of hydrogen-bond donors (Lipinski definition) is 0. The molecule has 1 aliphatic rings. The zero-order valence-corrected chi connectivity index (χ0v) is 11.8. The highest BCUT2D eigenvalue weighted by Crippen LogP contribution is 2.21. The first-order valence-corrected chi connectivity index (χ1v) is 6.68. The summed E-state index contributed by atoms with van der Waals surface area (Å²) in [6, 6.07) is 3.87. The molecule has 0 saturated carbocycles. The summed E-state index contributed by atoms with van der Waals surface area (Å²) in [6.45, 7) is 7.17. The highest BCUT2D eigenvalue weighted by atomic mass is 16.6. The third-order valence-electron chi connectivity index (χ3n) is 3.06. The van der Waals surface area contributed by atoms with Gasteiger partial charge in [-0.05, 0) is 51.7 Å². The van der Waals surface area contributed by atoms with E-state index >= 15 is 0 Å². The van der Waals surface area contributed by atoms with E-state index in [-0.39, 0.29) is 6.09 Å². The number of aromatic nitrogens is 2. The van der Waals surface area contributed by atoms with E-state index in [1.165, 1.54) is 0 Å². The van der Waals surface area contributed by atoms with Crippen LogP contribution in [0.25, 0.3) is 0 Å².